The van der Waals surface area contributed by atoms with Crippen LogP contribution in [0.4, 0.5) is 5.69 Å². The van der Waals surface area contributed by atoms with Gasteiger partial charge < -0.3 is 15.2 Å². The molecule has 4 rings (SSSR count). The Morgan fingerprint density at radius 1 is 0.818 bits per heavy atom. The second kappa shape index (κ2) is 10.3. The number of benzene rings is 3. The molecule has 164 valence electrons. The standard InChI is InChI=1S/C26H21N3O4/c30-25(21-8-4-7-20(13-21)24-14-22(26(31)32)15-27-29-24)28-23-11-9-19(10-12-23)17-33-16-18-5-2-1-3-6-18/h1-15H,16-17H2,(H,28,30)(H,31,32). The van der Waals surface area contributed by atoms with E-state index >= 15 is 0 Å². The molecule has 7 nitrogen and oxygen atoms in total. The van der Waals surface area contributed by atoms with Crippen molar-refractivity contribution in [1.29, 1.82) is 0 Å². The lowest BCUT2D eigenvalue weighted by Crippen LogP contribution is -2.12. The normalized spacial score (nSPS) is 10.5. The molecular formula is C26H21N3O4. The maximum atomic E-state index is 12.7. The lowest BCUT2D eigenvalue weighted by atomic mass is 10.1. The van der Waals surface area contributed by atoms with Crippen molar-refractivity contribution in [2.24, 2.45) is 0 Å². The summed E-state index contributed by atoms with van der Waals surface area (Å²) in [6.07, 6.45) is 1.18. The van der Waals surface area contributed by atoms with Crippen LogP contribution in [0.5, 0.6) is 0 Å². The molecule has 33 heavy (non-hydrogen) atoms. The summed E-state index contributed by atoms with van der Waals surface area (Å²) in [4.78, 5) is 23.9. The van der Waals surface area contributed by atoms with E-state index in [9.17, 15) is 9.59 Å². The highest BCUT2D eigenvalue weighted by Crippen LogP contribution is 2.20. The van der Waals surface area contributed by atoms with Crippen molar-refractivity contribution in [3.8, 4) is 11.3 Å². The number of carboxylic acids is 1. The molecule has 1 heterocycles. The van der Waals surface area contributed by atoms with Crippen LogP contribution in [0.1, 0.15) is 31.8 Å². The Morgan fingerprint density at radius 2 is 1.55 bits per heavy atom. The molecule has 3 aromatic carbocycles. The Kier molecular flexibility index (Phi) is 6.82. The smallest absolute Gasteiger partial charge is 0.337 e. The predicted molar refractivity (Wildman–Crippen MR) is 124 cm³/mol. The minimum atomic E-state index is -1.09. The van der Waals surface area contributed by atoms with Crippen LogP contribution in [0.25, 0.3) is 11.3 Å². The van der Waals surface area contributed by atoms with Gasteiger partial charge in [0.05, 0.1) is 30.7 Å². The van der Waals surface area contributed by atoms with Gasteiger partial charge >= 0.3 is 5.97 Å². The first-order valence-corrected chi connectivity index (χ1v) is 10.3. The molecular weight excluding hydrogens is 418 g/mol. The fraction of sp³-hybridized carbons (Fsp3) is 0.0769. The first-order chi connectivity index (χ1) is 16.1. The van der Waals surface area contributed by atoms with E-state index < -0.39 is 5.97 Å². The van der Waals surface area contributed by atoms with Crippen LogP contribution >= 0.6 is 0 Å². The largest absolute Gasteiger partial charge is 0.478 e. The van der Waals surface area contributed by atoms with Gasteiger partial charge in [-0.15, -0.1) is 0 Å². The number of amides is 1. The molecule has 0 aliphatic heterocycles. The van der Waals surface area contributed by atoms with Crippen molar-refractivity contribution in [3.05, 3.63) is 113 Å². The summed E-state index contributed by atoms with van der Waals surface area (Å²) in [6, 6.07) is 25.6. The molecule has 2 N–H and O–H groups in total. The topological polar surface area (TPSA) is 101 Å². The Hall–Kier alpha value is -4.36. The third kappa shape index (κ3) is 5.87. The van der Waals surface area contributed by atoms with Gasteiger partial charge in [0.1, 0.15) is 0 Å². The van der Waals surface area contributed by atoms with E-state index in [1.807, 2.05) is 54.6 Å². The second-order valence-corrected chi connectivity index (χ2v) is 7.34. The maximum Gasteiger partial charge on any atom is 0.337 e. The summed E-state index contributed by atoms with van der Waals surface area (Å²) in [5.41, 5.74) is 4.21. The van der Waals surface area contributed by atoms with Crippen LogP contribution in [-0.2, 0) is 18.0 Å². The van der Waals surface area contributed by atoms with Crippen molar-refractivity contribution in [2.75, 3.05) is 5.32 Å². The Bertz CT molecular complexity index is 1260. The van der Waals surface area contributed by atoms with E-state index in [0.717, 1.165) is 11.1 Å². The summed E-state index contributed by atoms with van der Waals surface area (Å²) in [7, 11) is 0. The molecule has 0 spiro atoms. The number of carbonyl (C=O) groups excluding carboxylic acids is 1. The van der Waals surface area contributed by atoms with Gasteiger partial charge in [0, 0.05) is 16.8 Å². The van der Waals surface area contributed by atoms with Crippen molar-refractivity contribution in [3.63, 3.8) is 0 Å². The second-order valence-electron chi connectivity index (χ2n) is 7.34. The van der Waals surface area contributed by atoms with Crippen LogP contribution in [0, 0.1) is 0 Å². The van der Waals surface area contributed by atoms with E-state index in [1.165, 1.54) is 12.3 Å². The number of anilines is 1. The third-order valence-electron chi connectivity index (χ3n) is 4.91. The zero-order valence-electron chi connectivity index (χ0n) is 17.6. The van der Waals surface area contributed by atoms with Crippen molar-refractivity contribution in [1.82, 2.24) is 10.2 Å². The van der Waals surface area contributed by atoms with Gasteiger partial charge in [-0.1, -0.05) is 54.6 Å². The number of rotatable bonds is 8. The molecule has 0 bridgehead atoms. The van der Waals surface area contributed by atoms with E-state index in [2.05, 4.69) is 15.5 Å². The van der Waals surface area contributed by atoms with Gasteiger partial charge in [0.2, 0.25) is 0 Å². The zero-order chi connectivity index (χ0) is 23.0. The van der Waals surface area contributed by atoms with Crippen molar-refractivity contribution >= 4 is 17.6 Å². The van der Waals surface area contributed by atoms with Crippen molar-refractivity contribution in [2.45, 2.75) is 13.2 Å². The number of carbonyl (C=O) groups is 2. The van der Waals surface area contributed by atoms with Crippen LogP contribution < -0.4 is 5.32 Å². The Labute approximate surface area is 190 Å². The van der Waals surface area contributed by atoms with Gasteiger partial charge in [-0.2, -0.15) is 10.2 Å². The lowest BCUT2D eigenvalue weighted by Gasteiger charge is -2.09. The predicted octanol–water partition coefficient (Wildman–Crippen LogP) is 4.81. The summed E-state index contributed by atoms with van der Waals surface area (Å²) in [5.74, 6) is -1.37. The quantitative estimate of drug-likeness (QED) is 0.409. The minimum absolute atomic E-state index is 0.0303. The van der Waals surface area contributed by atoms with E-state index in [1.54, 1.807) is 24.3 Å². The molecule has 0 unspecified atom stereocenters. The molecule has 0 fully saturated rings. The van der Waals surface area contributed by atoms with Crippen molar-refractivity contribution < 1.29 is 19.4 Å². The molecule has 0 atom stereocenters. The summed E-state index contributed by atoms with van der Waals surface area (Å²) in [5, 5.41) is 19.7. The number of nitrogens with one attached hydrogen (secondary N) is 1. The first-order valence-electron chi connectivity index (χ1n) is 10.3. The monoisotopic (exact) mass is 439 g/mol. The highest BCUT2D eigenvalue weighted by atomic mass is 16.5. The van der Waals surface area contributed by atoms with Gasteiger partial charge in [-0.3, -0.25) is 4.79 Å². The molecule has 0 aliphatic carbocycles. The van der Waals surface area contributed by atoms with Crippen LogP contribution in [-0.4, -0.2) is 27.2 Å². The number of nitrogens with zero attached hydrogens (tertiary/aromatic N) is 2. The zero-order valence-corrected chi connectivity index (χ0v) is 17.6. The summed E-state index contributed by atoms with van der Waals surface area (Å²) in [6.45, 7) is 1.01. The first kappa shape index (κ1) is 21.9. The van der Waals surface area contributed by atoms with Crippen LogP contribution in [0.3, 0.4) is 0 Å². The van der Waals surface area contributed by atoms with Crippen LogP contribution in [0.2, 0.25) is 0 Å². The van der Waals surface area contributed by atoms with E-state index in [0.29, 0.717) is 35.7 Å². The molecule has 7 heteroatoms. The van der Waals surface area contributed by atoms with Gasteiger partial charge in [-0.25, -0.2) is 4.79 Å². The fourth-order valence-corrected chi connectivity index (χ4v) is 3.19. The molecule has 0 radical (unpaired) electrons. The molecule has 1 amide bonds. The SMILES string of the molecule is O=C(O)c1cnnc(-c2cccc(C(=O)Nc3ccc(COCc4ccccc4)cc3)c2)c1. The average molecular weight is 439 g/mol. The van der Waals surface area contributed by atoms with Crippen LogP contribution in [0.15, 0.2) is 91.1 Å². The number of carboxylic acid groups (broad SMARTS) is 1. The molecule has 0 saturated carbocycles. The lowest BCUT2D eigenvalue weighted by molar-refractivity contribution is 0.0696. The number of hydrogen-bond donors (Lipinski definition) is 2. The molecule has 4 aromatic rings. The summed E-state index contributed by atoms with van der Waals surface area (Å²) < 4.78 is 5.74. The number of hydrogen-bond acceptors (Lipinski definition) is 5. The molecule has 0 aliphatic rings. The van der Waals surface area contributed by atoms with E-state index in [4.69, 9.17) is 9.84 Å². The molecule has 0 saturated heterocycles. The maximum absolute atomic E-state index is 12.7. The van der Waals surface area contributed by atoms with Gasteiger partial charge in [0.15, 0.2) is 0 Å². The summed E-state index contributed by atoms with van der Waals surface area (Å²) >= 11 is 0. The average Bonchev–Trinajstić information content (AvgIpc) is 2.86. The van der Waals surface area contributed by atoms with E-state index in [-0.39, 0.29) is 11.5 Å². The minimum Gasteiger partial charge on any atom is -0.478 e. The Balaban J connectivity index is 1.37. The third-order valence-corrected chi connectivity index (χ3v) is 4.91. The number of aromatic nitrogens is 2. The highest BCUT2D eigenvalue weighted by molar-refractivity contribution is 6.05. The number of ether oxygens (including phenoxy) is 1. The van der Waals surface area contributed by atoms with Gasteiger partial charge in [0.25, 0.3) is 5.91 Å². The molecule has 1 aromatic heterocycles. The van der Waals surface area contributed by atoms with Gasteiger partial charge in [-0.05, 0) is 41.5 Å². The Morgan fingerprint density at radius 3 is 2.27 bits per heavy atom. The highest BCUT2D eigenvalue weighted by Gasteiger charge is 2.11. The number of aromatic carboxylic acids is 1. The fourth-order valence-electron chi connectivity index (χ4n) is 3.19.